The molecular formula is C23H25N3O4S. The van der Waals surface area contributed by atoms with Crippen molar-refractivity contribution in [2.24, 2.45) is 0 Å². The molecule has 0 aliphatic rings. The number of oxazole rings is 1. The van der Waals surface area contributed by atoms with E-state index in [-0.39, 0.29) is 18.2 Å². The van der Waals surface area contributed by atoms with E-state index in [0.717, 1.165) is 5.56 Å². The predicted molar refractivity (Wildman–Crippen MR) is 121 cm³/mol. The third-order valence-electron chi connectivity index (χ3n) is 4.45. The van der Waals surface area contributed by atoms with Crippen LogP contribution in [0, 0.1) is 0 Å². The zero-order valence-corrected chi connectivity index (χ0v) is 17.9. The van der Waals surface area contributed by atoms with Crippen molar-refractivity contribution in [3.05, 3.63) is 84.9 Å². The highest BCUT2D eigenvalue weighted by atomic mass is 32.2. The number of anilines is 1. The molecule has 0 saturated carbocycles. The molecule has 0 atom stereocenters. The zero-order valence-electron chi connectivity index (χ0n) is 17.1. The number of carbonyl (C=O) groups excluding carboxylic acids is 1. The van der Waals surface area contributed by atoms with Crippen LogP contribution in [0.5, 0.6) is 0 Å². The van der Waals surface area contributed by atoms with Crippen LogP contribution >= 0.6 is 0 Å². The van der Waals surface area contributed by atoms with Crippen LogP contribution in [0.1, 0.15) is 24.3 Å². The molecule has 1 heterocycles. The molecule has 1 aromatic heterocycles. The molecule has 2 N–H and O–H groups in total. The standard InChI is InChI=1S/C23H25N3O4S/c1-2-15-25-31(28,29)17-18-11-13-20(14-12-18)26-22(27)9-6-10-23-24-16-21(30-23)19-7-4-3-5-8-19/h2-5,7-8,11-14,16,25H,1,6,9-10,15,17H2,(H,26,27). The number of nitrogens with one attached hydrogen (secondary N) is 2. The van der Waals surface area contributed by atoms with Gasteiger partial charge in [0.05, 0.1) is 11.9 Å². The summed E-state index contributed by atoms with van der Waals surface area (Å²) in [5.41, 5.74) is 2.21. The fraction of sp³-hybridized carbons (Fsp3) is 0.217. The Kier molecular flexibility index (Phi) is 7.75. The quantitative estimate of drug-likeness (QED) is 0.441. The van der Waals surface area contributed by atoms with Gasteiger partial charge in [-0.1, -0.05) is 48.5 Å². The van der Waals surface area contributed by atoms with Gasteiger partial charge < -0.3 is 9.73 Å². The smallest absolute Gasteiger partial charge is 0.224 e. The van der Waals surface area contributed by atoms with Gasteiger partial charge in [-0.05, 0) is 24.1 Å². The Hall–Kier alpha value is -3.23. The summed E-state index contributed by atoms with van der Waals surface area (Å²) in [6.07, 6.45) is 4.67. The lowest BCUT2D eigenvalue weighted by atomic mass is 10.2. The number of hydrogen-bond acceptors (Lipinski definition) is 5. The van der Waals surface area contributed by atoms with E-state index >= 15 is 0 Å². The summed E-state index contributed by atoms with van der Waals surface area (Å²) in [4.78, 5) is 16.5. The lowest BCUT2D eigenvalue weighted by Crippen LogP contribution is -2.25. The molecule has 0 spiro atoms. The van der Waals surface area contributed by atoms with Gasteiger partial charge in [0.25, 0.3) is 0 Å². The first-order valence-electron chi connectivity index (χ1n) is 9.92. The van der Waals surface area contributed by atoms with Crippen LogP contribution in [-0.2, 0) is 27.0 Å². The van der Waals surface area contributed by atoms with E-state index in [9.17, 15) is 13.2 Å². The summed E-state index contributed by atoms with van der Waals surface area (Å²) >= 11 is 0. The van der Waals surface area contributed by atoms with Gasteiger partial charge in [-0.2, -0.15) is 0 Å². The first-order valence-corrected chi connectivity index (χ1v) is 11.6. The third-order valence-corrected chi connectivity index (χ3v) is 5.77. The van der Waals surface area contributed by atoms with E-state index < -0.39 is 10.0 Å². The number of sulfonamides is 1. The van der Waals surface area contributed by atoms with Crippen molar-refractivity contribution in [2.45, 2.75) is 25.0 Å². The zero-order chi connectivity index (χ0) is 22.1. The normalized spacial score (nSPS) is 11.2. The average Bonchev–Trinajstić information content (AvgIpc) is 3.23. The van der Waals surface area contributed by atoms with E-state index in [0.29, 0.717) is 42.2 Å². The number of aryl methyl sites for hydroxylation is 1. The topological polar surface area (TPSA) is 101 Å². The highest BCUT2D eigenvalue weighted by Crippen LogP contribution is 2.20. The molecule has 0 fully saturated rings. The Bertz CT molecular complexity index is 1110. The van der Waals surface area contributed by atoms with Gasteiger partial charge in [-0.25, -0.2) is 18.1 Å². The number of hydrogen-bond donors (Lipinski definition) is 2. The minimum atomic E-state index is -3.41. The van der Waals surface area contributed by atoms with E-state index in [4.69, 9.17) is 4.42 Å². The number of amides is 1. The van der Waals surface area contributed by atoms with Crippen molar-refractivity contribution in [2.75, 3.05) is 11.9 Å². The van der Waals surface area contributed by atoms with E-state index in [1.165, 1.54) is 6.08 Å². The Balaban J connectivity index is 1.44. The molecule has 3 aromatic rings. The van der Waals surface area contributed by atoms with Crippen molar-refractivity contribution < 1.29 is 17.6 Å². The minimum Gasteiger partial charge on any atom is -0.441 e. The van der Waals surface area contributed by atoms with Crippen molar-refractivity contribution in [3.63, 3.8) is 0 Å². The maximum absolute atomic E-state index is 12.2. The lowest BCUT2D eigenvalue weighted by molar-refractivity contribution is -0.116. The maximum Gasteiger partial charge on any atom is 0.224 e. The van der Waals surface area contributed by atoms with Crippen LogP contribution in [0.4, 0.5) is 5.69 Å². The summed E-state index contributed by atoms with van der Waals surface area (Å²) in [6.45, 7) is 3.68. The molecule has 0 bridgehead atoms. The predicted octanol–water partition coefficient (Wildman–Crippen LogP) is 3.91. The van der Waals surface area contributed by atoms with Crippen LogP contribution in [-0.4, -0.2) is 25.9 Å². The van der Waals surface area contributed by atoms with Crippen LogP contribution in [0.3, 0.4) is 0 Å². The number of nitrogens with zero attached hydrogens (tertiary/aromatic N) is 1. The Morgan fingerprint density at radius 1 is 1.10 bits per heavy atom. The van der Waals surface area contributed by atoms with E-state index in [2.05, 4.69) is 21.6 Å². The molecular weight excluding hydrogens is 414 g/mol. The molecule has 3 rings (SSSR count). The van der Waals surface area contributed by atoms with Gasteiger partial charge in [0, 0.05) is 30.6 Å². The van der Waals surface area contributed by atoms with Gasteiger partial charge in [0.15, 0.2) is 11.7 Å². The molecule has 0 unspecified atom stereocenters. The fourth-order valence-electron chi connectivity index (χ4n) is 2.93. The number of carbonyl (C=O) groups is 1. The SMILES string of the molecule is C=CCNS(=O)(=O)Cc1ccc(NC(=O)CCCc2ncc(-c3ccccc3)o2)cc1. The van der Waals surface area contributed by atoms with Crippen molar-refractivity contribution in [1.29, 1.82) is 0 Å². The first kappa shape index (κ1) is 22.5. The minimum absolute atomic E-state index is 0.122. The summed E-state index contributed by atoms with van der Waals surface area (Å²) in [6, 6.07) is 16.5. The second-order valence-corrected chi connectivity index (χ2v) is 8.79. The summed E-state index contributed by atoms with van der Waals surface area (Å²) < 4.78 is 32.0. The van der Waals surface area contributed by atoms with Crippen molar-refractivity contribution in [1.82, 2.24) is 9.71 Å². The van der Waals surface area contributed by atoms with E-state index in [1.807, 2.05) is 30.3 Å². The van der Waals surface area contributed by atoms with E-state index in [1.54, 1.807) is 30.5 Å². The summed E-state index contributed by atoms with van der Waals surface area (Å²) in [7, 11) is -3.41. The number of rotatable bonds is 11. The molecule has 0 saturated heterocycles. The Morgan fingerprint density at radius 3 is 2.55 bits per heavy atom. The molecule has 7 nitrogen and oxygen atoms in total. The summed E-state index contributed by atoms with van der Waals surface area (Å²) in [5.74, 6) is 1.06. The largest absolute Gasteiger partial charge is 0.441 e. The van der Waals surface area contributed by atoms with Gasteiger partial charge in [0.2, 0.25) is 15.9 Å². The lowest BCUT2D eigenvalue weighted by Gasteiger charge is -2.07. The molecule has 162 valence electrons. The molecule has 1 amide bonds. The second-order valence-electron chi connectivity index (χ2n) is 6.98. The molecule has 31 heavy (non-hydrogen) atoms. The summed E-state index contributed by atoms with van der Waals surface area (Å²) in [5, 5.41) is 2.82. The molecule has 0 aliphatic heterocycles. The highest BCUT2D eigenvalue weighted by Gasteiger charge is 2.11. The van der Waals surface area contributed by atoms with Gasteiger partial charge in [-0.15, -0.1) is 6.58 Å². The van der Waals surface area contributed by atoms with Crippen LogP contribution < -0.4 is 10.0 Å². The van der Waals surface area contributed by atoms with Crippen LogP contribution in [0.25, 0.3) is 11.3 Å². The van der Waals surface area contributed by atoms with Gasteiger partial charge in [-0.3, -0.25) is 4.79 Å². The number of benzene rings is 2. The third kappa shape index (κ3) is 7.20. The Labute approximate surface area is 182 Å². The number of aromatic nitrogens is 1. The van der Waals surface area contributed by atoms with Gasteiger partial charge in [0.1, 0.15) is 0 Å². The molecule has 0 radical (unpaired) electrons. The molecule has 2 aromatic carbocycles. The maximum atomic E-state index is 12.2. The Morgan fingerprint density at radius 2 is 1.84 bits per heavy atom. The van der Waals surface area contributed by atoms with Gasteiger partial charge >= 0.3 is 0 Å². The van der Waals surface area contributed by atoms with Crippen molar-refractivity contribution >= 4 is 21.6 Å². The van der Waals surface area contributed by atoms with Crippen LogP contribution in [0.15, 0.2) is 77.9 Å². The highest BCUT2D eigenvalue weighted by molar-refractivity contribution is 7.88. The molecule has 0 aliphatic carbocycles. The second kappa shape index (κ2) is 10.7. The fourth-order valence-corrected chi connectivity index (χ4v) is 4.03. The first-order chi connectivity index (χ1) is 14.9. The average molecular weight is 440 g/mol. The molecule has 8 heteroatoms. The van der Waals surface area contributed by atoms with Crippen LogP contribution in [0.2, 0.25) is 0 Å². The van der Waals surface area contributed by atoms with Crippen molar-refractivity contribution in [3.8, 4) is 11.3 Å². The monoisotopic (exact) mass is 439 g/mol.